The van der Waals surface area contributed by atoms with Gasteiger partial charge < -0.3 is 9.47 Å². The smallest absolute Gasteiger partial charge is 0.351 e. The molecule has 1 fully saturated rings. The summed E-state index contributed by atoms with van der Waals surface area (Å²) < 4.78 is 11.2. The Bertz CT molecular complexity index is 539. The molecule has 0 aromatic heterocycles. The van der Waals surface area contributed by atoms with Crippen molar-refractivity contribution in [1.29, 1.82) is 0 Å². The summed E-state index contributed by atoms with van der Waals surface area (Å²) in [6, 6.07) is 5.19. The highest BCUT2D eigenvalue weighted by Gasteiger charge is 2.70. The number of benzene rings is 1. The van der Waals surface area contributed by atoms with Crippen molar-refractivity contribution in [3.05, 3.63) is 28.2 Å². The molecular formula is C12H9BrO4. The molecule has 0 bridgehead atoms. The Balaban J connectivity index is 2.06. The van der Waals surface area contributed by atoms with Gasteiger partial charge >= 0.3 is 5.97 Å². The van der Waals surface area contributed by atoms with Crippen LogP contribution in [-0.4, -0.2) is 24.5 Å². The number of rotatable bonds is 1. The number of fused-ring (bicyclic) bond motifs is 2. The molecule has 1 aliphatic heterocycles. The zero-order valence-electron chi connectivity index (χ0n) is 9.03. The second-order valence-electron chi connectivity index (χ2n) is 4.24. The molecule has 1 aromatic carbocycles. The average Bonchev–Trinajstić information content (AvgIpc) is 3.06. The van der Waals surface area contributed by atoms with Crippen molar-refractivity contribution in [2.45, 2.75) is 12.0 Å². The number of hydrogen-bond acceptors (Lipinski definition) is 4. The predicted octanol–water partition coefficient (Wildman–Crippen LogP) is 1.96. The van der Waals surface area contributed by atoms with Gasteiger partial charge in [-0.2, -0.15) is 0 Å². The maximum atomic E-state index is 12.1. The van der Waals surface area contributed by atoms with Crippen LogP contribution in [0.25, 0.3) is 0 Å². The van der Waals surface area contributed by atoms with Crippen molar-refractivity contribution >= 4 is 27.7 Å². The van der Waals surface area contributed by atoms with Crippen LogP contribution in [0.3, 0.4) is 0 Å². The lowest BCUT2D eigenvalue weighted by Crippen LogP contribution is -2.38. The molecule has 0 N–H and O–H groups in total. The van der Waals surface area contributed by atoms with Crippen LogP contribution in [0.2, 0.25) is 0 Å². The molecule has 0 amide bonds. The molecule has 1 aliphatic carbocycles. The first kappa shape index (κ1) is 10.8. The van der Waals surface area contributed by atoms with Crippen LogP contribution in [0, 0.1) is 5.92 Å². The Morgan fingerprint density at radius 2 is 2.35 bits per heavy atom. The summed E-state index contributed by atoms with van der Waals surface area (Å²) in [5.41, 5.74) is -0.534. The van der Waals surface area contributed by atoms with Gasteiger partial charge in [-0.25, -0.2) is 4.79 Å². The standard InChI is InChI=1S/C12H9BrO4/c1-16-11(15)12-5-8(12)10(14)7-4-6(13)2-3-9(7)17-12/h2-4,8H,5H2,1H3/t8-,12+/m0/s1. The molecule has 0 unspecified atom stereocenters. The molecule has 0 spiro atoms. The lowest BCUT2D eigenvalue weighted by molar-refractivity contribution is -0.151. The van der Waals surface area contributed by atoms with Gasteiger partial charge in [0.25, 0.3) is 0 Å². The first-order chi connectivity index (χ1) is 8.08. The Hall–Kier alpha value is -1.36. The third-order valence-corrected chi connectivity index (χ3v) is 3.75. The quantitative estimate of drug-likeness (QED) is 0.744. The maximum Gasteiger partial charge on any atom is 0.351 e. The van der Waals surface area contributed by atoms with E-state index < -0.39 is 17.5 Å². The van der Waals surface area contributed by atoms with Gasteiger partial charge in [0, 0.05) is 10.9 Å². The van der Waals surface area contributed by atoms with E-state index in [1.54, 1.807) is 18.2 Å². The van der Waals surface area contributed by atoms with Gasteiger partial charge in [0.2, 0.25) is 5.60 Å². The molecule has 17 heavy (non-hydrogen) atoms. The number of hydrogen-bond donors (Lipinski definition) is 0. The fourth-order valence-electron chi connectivity index (χ4n) is 2.27. The molecule has 5 heteroatoms. The number of methoxy groups -OCH3 is 1. The van der Waals surface area contributed by atoms with Crippen LogP contribution in [0.15, 0.2) is 22.7 Å². The highest BCUT2D eigenvalue weighted by Crippen LogP contribution is 2.54. The minimum absolute atomic E-state index is 0.0436. The monoisotopic (exact) mass is 296 g/mol. The summed E-state index contributed by atoms with van der Waals surface area (Å²) in [6.07, 6.45) is 0.408. The molecular weight excluding hydrogens is 288 g/mol. The number of halogens is 1. The van der Waals surface area contributed by atoms with Gasteiger partial charge in [0.1, 0.15) is 5.75 Å². The maximum absolute atomic E-state index is 12.1. The van der Waals surface area contributed by atoms with Crippen molar-refractivity contribution < 1.29 is 19.1 Å². The largest absolute Gasteiger partial charge is 0.474 e. The van der Waals surface area contributed by atoms with E-state index in [9.17, 15) is 9.59 Å². The van der Waals surface area contributed by atoms with E-state index in [2.05, 4.69) is 15.9 Å². The Morgan fingerprint density at radius 1 is 1.59 bits per heavy atom. The SMILES string of the molecule is COC(=O)[C@@]12C[C@H]1C(=O)c1cc(Br)ccc1O2. The third-order valence-electron chi connectivity index (χ3n) is 3.26. The summed E-state index contributed by atoms with van der Waals surface area (Å²) in [5, 5.41) is 0. The van der Waals surface area contributed by atoms with Gasteiger partial charge in [-0.1, -0.05) is 15.9 Å². The zero-order valence-corrected chi connectivity index (χ0v) is 10.6. The number of Topliss-reactive ketones (excluding diaryl/α,β-unsaturated/α-hetero) is 1. The van der Waals surface area contributed by atoms with E-state index >= 15 is 0 Å². The number of carbonyl (C=O) groups is 2. The van der Waals surface area contributed by atoms with Crippen molar-refractivity contribution in [3.8, 4) is 5.75 Å². The zero-order chi connectivity index (χ0) is 12.2. The molecule has 3 rings (SSSR count). The van der Waals surface area contributed by atoms with E-state index in [1.807, 2.05) is 0 Å². The topological polar surface area (TPSA) is 52.6 Å². The lowest BCUT2D eigenvalue weighted by Gasteiger charge is -2.23. The highest BCUT2D eigenvalue weighted by molar-refractivity contribution is 9.10. The second-order valence-corrected chi connectivity index (χ2v) is 5.16. The summed E-state index contributed by atoms with van der Waals surface area (Å²) in [4.78, 5) is 23.8. The number of ether oxygens (including phenoxy) is 2. The first-order valence-electron chi connectivity index (χ1n) is 5.20. The van der Waals surface area contributed by atoms with Gasteiger partial charge in [0.05, 0.1) is 18.6 Å². The van der Waals surface area contributed by atoms with Crippen LogP contribution < -0.4 is 4.74 Å². The summed E-state index contributed by atoms with van der Waals surface area (Å²) in [6.45, 7) is 0. The Kier molecular flexibility index (Phi) is 2.10. The van der Waals surface area contributed by atoms with E-state index in [1.165, 1.54) is 7.11 Å². The number of esters is 1. The van der Waals surface area contributed by atoms with E-state index in [0.717, 1.165) is 4.47 Å². The van der Waals surface area contributed by atoms with Gasteiger partial charge in [-0.15, -0.1) is 0 Å². The second kappa shape index (κ2) is 3.32. The highest BCUT2D eigenvalue weighted by atomic mass is 79.9. The molecule has 88 valence electrons. The summed E-state index contributed by atoms with van der Waals surface area (Å²) >= 11 is 3.31. The Labute approximate surface area is 106 Å². The van der Waals surface area contributed by atoms with Crippen LogP contribution in [0.5, 0.6) is 5.75 Å². The molecule has 1 saturated carbocycles. The normalized spacial score (nSPS) is 28.8. The fourth-order valence-corrected chi connectivity index (χ4v) is 2.63. The van der Waals surface area contributed by atoms with Gasteiger partial charge in [-0.3, -0.25) is 4.79 Å². The summed E-state index contributed by atoms with van der Waals surface area (Å²) in [7, 11) is 1.30. The minimum atomic E-state index is -1.06. The van der Waals surface area contributed by atoms with Crippen molar-refractivity contribution in [2.75, 3.05) is 7.11 Å². The van der Waals surface area contributed by atoms with Crippen molar-refractivity contribution in [3.63, 3.8) is 0 Å². The third kappa shape index (κ3) is 1.35. The number of ketones is 1. The Morgan fingerprint density at radius 3 is 3.06 bits per heavy atom. The van der Waals surface area contributed by atoms with Crippen LogP contribution in [-0.2, 0) is 9.53 Å². The van der Waals surface area contributed by atoms with E-state index in [4.69, 9.17) is 9.47 Å². The fraction of sp³-hybridized carbons (Fsp3) is 0.333. The van der Waals surface area contributed by atoms with Crippen LogP contribution in [0.1, 0.15) is 16.8 Å². The molecule has 2 atom stereocenters. The van der Waals surface area contributed by atoms with Crippen LogP contribution >= 0.6 is 15.9 Å². The van der Waals surface area contributed by atoms with Crippen molar-refractivity contribution in [2.24, 2.45) is 5.92 Å². The van der Waals surface area contributed by atoms with Crippen LogP contribution in [0.4, 0.5) is 0 Å². The number of carbonyl (C=O) groups excluding carboxylic acids is 2. The molecule has 0 saturated heterocycles. The summed E-state index contributed by atoms with van der Waals surface area (Å²) in [5.74, 6) is -0.448. The van der Waals surface area contributed by atoms with Gasteiger partial charge in [-0.05, 0) is 18.2 Å². The minimum Gasteiger partial charge on any atom is -0.474 e. The lowest BCUT2D eigenvalue weighted by atomic mass is 10.0. The average molecular weight is 297 g/mol. The van der Waals surface area contributed by atoms with E-state index in [-0.39, 0.29) is 5.78 Å². The van der Waals surface area contributed by atoms with Gasteiger partial charge in [0.15, 0.2) is 5.78 Å². The molecule has 1 heterocycles. The van der Waals surface area contributed by atoms with E-state index in [0.29, 0.717) is 17.7 Å². The molecule has 0 radical (unpaired) electrons. The molecule has 2 aliphatic rings. The molecule has 4 nitrogen and oxygen atoms in total. The predicted molar refractivity (Wildman–Crippen MR) is 62.0 cm³/mol. The van der Waals surface area contributed by atoms with Crippen molar-refractivity contribution in [1.82, 2.24) is 0 Å². The molecule has 1 aromatic rings. The first-order valence-corrected chi connectivity index (χ1v) is 5.99.